The molecule has 0 heterocycles. The molecule has 0 aromatic rings. The van der Waals surface area contributed by atoms with Gasteiger partial charge in [0.2, 0.25) is 0 Å². The van der Waals surface area contributed by atoms with Gasteiger partial charge >= 0.3 is 18.0 Å². The van der Waals surface area contributed by atoms with Crippen molar-refractivity contribution in [1.29, 1.82) is 0 Å². The van der Waals surface area contributed by atoms with E-state index < -0.39 is 18.0 Å². The van der Waals surface area contributed by atoms with E-state index in [1.165, 1.54) is 0 Å². The lowest BCUT2D eigenvalue weighted by Crippen LogP contribution is -2.55. The molecule has 1 saturated carbocycles. The maximum atomic E-state index is 12.7. The van der Waals surface area contributed by atoms with Gasteiger partial charge < -0.3 is 5.11 Å². The minimum absolute atomic E-state index is 0.0663. The standard InChI is InChI=1S/C19H24F6O/c1-12-6-4-10-16(3)14(12)8-9-15(16)13(2)7-5-11-17(26,18(20,21)22)19(23,24)25/h9,12-14,26H,4,6-8,10H2,1-3H3/t12-,13?,14?,16-/m0/s1. The molecule has 0 saturated heterocycles. The normalized spacial score (nSPS) is 30.9. The molecule has 26 heavy (non-hydrogen) atoms. The van der Waals surface area contributed by atoms with Gasteiger partial charge in [-0.3, -0.25) is 0 Å². The van der Waals surface area contributed by atoms with Crippen LogP contribution in [0.3, 0.4) is 0 Å². The van der Waals surface area contributed by atoms with E-state index in [1.54, 1.807) is 6.92 Å². The molecule has 0 aliphatic heterocycles. The monoisotopic (exact) mass is 382 g/mol. The molecule has 148 valence electrons. The SMILES string of the molecule is CC(CC#CC(O)(C(F)(F)F)C(F)(F)F)C1=CCC2[C@@H](C)CCC[C@]12C. The molecule has 1 nitrogen and oxygen atoms in total. The fourth-order valence-electron chi connectivity index (χ4n) is 4.65. The lowest BCUT2D eigenvalue weighted by atomic mass is 9.60. The van der Waals surface area contributed by atoms with Crippen LogP contribution in [-0.4, -0.2) is 23.1 Å². The van der Waals surface area contributed by atoms with E-state index in [0.29, 0.717) is 11.8 Å². The van der Waals surface area contributed by atoms with Crippen LogP contribution in [0, 0.1) is 35.0 Å². The van der Waals surface area contributed by atoms with Crippen LogP contribution in [0.5, 0.6) is 0 Å². The van der Waals surface area contributed by atoms with E-state index in [1.807, 2.05) is 5.92 Å². The Morgan fingerprint density at radius 3 is 2.35 bits per heavy atom. The zero-order chi connectivity index (χ0) is 20.0. The molecule has 0 aromatic carbocycles. The largest absolute Gasteiger partial charge is 0.438 e. The Kier molecular flexibility index (Phi) is 5.51. The highest BCUT2D eigenvalue weighted by Gasteiger charge is 2.70. The van der Waals surface area contributed by atoms with Gasteiger partial charge in [0.25, 0.3) is 0 Å². The van der Waals surface area contributed by atoms with Crippen molar-refractivity contribution in [1.82, 2.24) is 0 Å². The van der Waals surface area contributed by atoms with Crippen molar-refractivity contribution in [3.05, 3.63) is 11.6 Å². The molecule has 2 aliphatic carbocycles. The van der Waals surface area contributed by atoms with Crippen molar-refractivity contribution in [2.75, 3.05) is 0 Å². The fourth-order valence-corrected chi connectivity index (χ4v) is 4.65. The molecule has 0 radical (unpaired) electrons. The molecule has 7 heteroatoms. The highest BCUT2D eigenvalue weighted by Crippen LogP contribution is 2.56. The van der Waals surface area contributed by atoms with Gasteiger partial charge in [0.15, 0.2) is 0 Å². The quantitative estimate of drug-likeness (QED) is 0.372. The third-order valence-corrected chi connectivity index (χ3v) is 6.14. The van der Waals surface area contributed by atoms with Crippen molar-refractivity contribution >= 4 is 0 Å². The van der Waals surface area contributed by atoms with Gasteiger partial charge in [-0.1, -0.05) is 51.2 Å². The van der Waals surface area contributed by atoms with Gasteiger partial charge in [0.05, 0.1) is 0 Å². The lowest BCUT2D eigenvalue weighted by molar-refractivity contribution is -0.343. The smallest absolute Gasteiger partial charge is 0.363 e. The van der Waals surface area contributed by atoms with Gasteiger partial charge in [-0.15, -0.1) is 0 Å². The molecule has 2 unspecified atom stereocenters. The molecule has 1 fully saturated rings. The summed E-state index contributed by atoms with van der Waals surface area (Å²) in [5.41, 5.74) is -3.98. The minimum Gasteiger partial charge on any atom is -0.363 e. The second kappa shape index (κ2) is 6.78. The Morgan fingerprint density at radius 1 is 1.23 bits per heavy atom. The summed E-state index contributed by atoms with van der Waals surface area (Å²) in [6, 6.07) is 0. The van der Waals surface area contributed by atoms with Gasteiger partial charge in [0.1, 0.15) is 0 Å². The predicted octanol–water partition coefficient (Wildman–Crippen LogP) is 5.64. The molecule has 4 atom stereocenters. The Labute approximate surface area is 149 Å². The molecule has 2 rings (SSSR count). The first-order chi connectivity index (χ1) is 11.7. The maximum Gasteiger partial charge on any atom is 0.438 e. The number of allylic oxidation sites excluding steroid dienone is 2. The van der Waals surface area contributed by atoms with E-state index in [-0.39, 0.29) is 17.8 Å². The lowest BCUT2D eigenvalue weighted by Gasteiger charge is -2.44. The summed E-state index contributed by atoms with van der Waals surface area (Å²) in [6.07, 6.45) is -5.81. The number of rotatable bonds is 2. The summed E-state index contributed by atoms with van der Waals surface area (Å²) >= 11 is 0. The average molecular weight is 382 g/mol. The van der Waals surface area contributed by atoms with Crippen molar-refractivity contribution in [3.8, 4) is 11.8 Å². The fraction of sp³-hybridized carbons (Fsp3) is 0.789. The van der Waals surface area contributed by atoms with E-state index in [0.717, 1.165) is 37.2 Å². The third-order valence-electron chi connectivity index (χ3n) is 6.14. The summed E-state index contributed by atoms with van der Waals surface area (Å²) in [7, 11) is 0. The van der Waals surface area contributed by atoms with Crippen LogP contribution in [0.1, 0.15) is 52.9 Å². The number of fused-ring (bicyclic) bond motifs is 1. The minimum atomic E-state index is -5.90. The van der Waals surface area contributed by atoms with Crippen LogP contribution in [-0.2, 0) is 0 Å². The Balaban J connectivity index is 2.17. The number of halogens is 6. The van der Waals surface area contributed by atoms with Gasteiger partial charge in [-0.2, -0.15) is 26.3 Å². The third kappa shape index (κ3) is 3.49. The van der Waals surface area contributed by atoms with Crippen molar-refractivity contribution in [2.45, 2.75) is 70.8 Å². The summed E-state index contributed by atoms with van der Waals surface area (Å²) in [6.45, 7) is 6.10. The number of aliphatic hydroxyl groups is 1. The van der Waals surface area contributed by atoms with Gasteiger partial charge in [0, 0.05) is 6.42 Å². The zero-order valence-corrected chi connectivity index (χ0v) is 15.1. The van der Waals surface area contributed by atoms with Gasteiger partial charge in [-0.05, 0) is 41.9 Å². The van der Waals surface area contributed by atoms with Crippen LogP contribution in [0.4, 0.5) is 26.3 Å². The second-order valence-corrected chi connectivity index (χ2v) is 7.90. The predicted molar refractivity (Wildman–Crippen MR) is 85.9 cm³/mol. The molecule has 1 N–H and O–H groups in total. The summed E-state index contributed by atoms with van der Waals surface area (Å²) in [5.74, 6) is 3.76. The molecule has 2 aliphatic rings. The number of alkyl halides is 6. The van der Waals surface area contributed by atoms with E-state index in [2.05, 4.69) is 19.9 Å². The molecular formula is C19H24F6O. The summed E-state index contributed by atoms with van der Waals surface area (Å²) < 4.78 is 76.0. The van der Waals surface area contributed by atoms with E-state index in [9.17, 15) is 26.3 Å². The summed E-state index contributed by atoms with van der Waals surface area (Å²) in [5, 5.41) is 9.10. The molecule has 0 spiro atoms. The average Bonchev–Trinajstić information content (AvgIpc) is 2.83. The molecular weight excluding hydrogens is 358 g/mol. The van der Waals surface area contributed by atoms with E-state index in [4.69, 9.17) is 5.11 Å². The number of hydrogen-bond donors (Lipinski definition) is 1. The number of hydrogen-bond acceptors (Lipinski definition) is 1. The first kappa shape index (κ1) is 21.1. The highest BCUT2D eigenvalue weighted by atomic mass is 19.4. The second-order valence-electron chi connectivity index (χ2n) is 7.90. The first-order valence-electron chi connectivity index (χ1n) is 8.80. The maximum absolute atomic E-state index is 12.7. The highest BCUT2D eigenvalue weighted by molar-refractivity contribution is 5.28. The van der Waals surface area contributed by atoms with Gasteiger partial charge in [-0.25, -0.2) is 0 Å². The van der Waals surface area contributed by atoms with Crippen LogP contribution in [0.25, 0.3) is 0 Å². The summed E-state index contributed by atoms with van der Waals surface area (Å²) in [4.78, 5) is 0. The molecule has 0 bridgehead atoms. The topological polar surface area (TPSA) is 20.2 Å². The Bertz CT molecular complexity index is 607. The van der Waals surface area contributed by atoms with Crippen molar-refractivity contribution < 1.29 is 31.4 Å². The van der Waals surface area contributed by atoms with E-state index >= 15 is 0 Å². The first-order valence-corrected chi connectivity index (χ1v) is 8.80. The Morgan fingerprint density at radius 2 is 1.81 bits per heavy atom. The zero-order valence-electron chi connectivity index (χ0n) is 15.1. The van der Waals surface area contributed by atoms with Crippen LogP contribution < -0.4 is 0 Å². The van der Waals surface area contributed by atoms with Crippen molar-refractivity contribution in [2.24, 2.45) is 23.2 Å². The molecule has 0 amide bonds. The molecule has 0 aromatic heterocycles. The van der Waals surface area contributed by atoms with Crippen molar-refractivity contribution in [3.63, 3.8) is 0 Å². The van der Waals surface area contributed by atoms with Crippen LogP contribution in [0.15, 0.2) is 11.6 Å². The van der Waals surface area contributed by atoms with Crippen LogP contribution >= 0.6 is 0 Å². The Hall–Kier alpha value is -1.16. The van der Waals surface area contributed by atoms with Crippen LogP contribution in [0.2, 0.25) is 0 Å².